The Morgan fingerprint density at radius 2 is 1.96 bits per heavy atom. The number of amides is 4. The number of aliphatic hydroxyl groups excluding tert-OH is 1. The first kappa shape index (κ1) is 16.4. The molecule has 2 aliphatic heterocycles. The molecule has 3 rings (SSSR count). The fraction of sp³-hybridized carbons (Fsp3) is 0.471. The highest BCUT2D eigenvalue weighted by Crippen LogP contribution is 2.32. The van der Waals surface area contributed by atoms with Gasteiger partial charge in [-0.2, -0.15) is 0 Å². The van der Waals surface area contributed by atoms with Gasteiger partial charge in [-0.1, -0.05) is 30.3 Å². The van der Waals surface area contributed by atoms with E-state index in [0.29, 0.717) is 12.8 Å². The summed E-state index contributed by atoms with van der Waals surface area (Å²) in [5.74, 6) is -0.625. The lowest BCUT2D eigenvalue weighted by molar-refractivity contribution is -0.147. The van der Waals surface area contributed by atoms with Crippen LogP contribution in [0.3, 0.4) is 0 Å². The van der Waals surface area contributed by atoms with Gasteiger partial charge in [0.05, 0.1) is 12.1 Å². The van der Waals surface area contributed by atoms with E-state index in [0.717, 1.165) is 10.5 Å². The van der Waals surface area contributed by atoms with Gasteiger partial charge in [0.1, 0.15) is 6.04 Å². The molecular weight excluding hydrogens is 310 g/mol. The Morgan fingerprint density at radius 3 is 2.67 bits per heavy atom. The Hall–Kier alpha value is -2.41. The summed E-state index contributed by atoms with van der Waals surface area (Å²) < 4.78 is 0. The minimum absolute atomic E-state index is 0.223. The number of rotatable bonds is 2. The molecule has 7 nitrogen and oxygen atoms in total. The lowest BCUT2D eigenvalue weighted by atomic mass is 10.0. The zero-order valence-electron chi connectivity index (χ0n) is 13.5. The number of nitrogens with one attached hydrogen (secondary N) is 1. The number of β-amino-alcohol motifs (C(OH)–C–C–N with tert-alkyl or cyclic N) is 1. The number of aliphatic hydroxyl groups is 1. The molecule has 0 aliphatic carbocycles. The second-order valence-electron chi connectivity index (χ2n) is 6.30. The quantitative estimate of drug-likeness (QED) is 0.779. The Kier molecular flexibility index (Phi) is 4.53. The van der Waals surface area contributed by atoms with Gasteiger partial charge in [0.15, 0.2) is 0 Å². The molecule has 4 amide bonds. The molecule has 0 aromatic heterocycles. The van der Waals surface area contributed by atoms with Crippen LogP contribution in [0.25, 0.3) is 0 Å². The number of imide groups is 1. The monoisotopic (exact) mass is 331 g/mol. The maximum atomic E-state index is 12.6. The lowest BCUT2D eigenvalue weighted by Gasteiger charge is -2.31. The van der Waals surface area contributed by atoms with Crippen LogP contribution in [-0.4, -0.2) is 58.5 Å². The first-order valence-electron chi connectivity index (χ1n) is 8.08. The molecule has 1 aromatic rings. The average Bonchev–Trinajstić information content (AvgIpc) is 2.98. The maximum absolute atomic E-state index is 12.6. The highest BCUT2D eigenvalue weighted by molar-refractivity contribution is 6.01. The molecule has 0 radical (unpaired) electrons. The Morgan fingerprint density at radius 1 is 1.25 bits per heavy atom. The number of hydrogen-bond donors (Lipinski definition) is 2. The van der Waals surface area contributed by atoms with E-state index in [-0.39, 0.29) is 30.9 Å². The van der Waals surface area contributed by atoms with Crippen molar-refractivity contribution in [2.24, 2.45) is 0 Å². The molecule has 2 fully saturated rings. The van der Waals surface area contributed by atoms with Gasteiger partial charge in [-0.25, -0.2) is 4.79 Å². The van der Waals surface area contributed by atoms with Crippen LogP contribution in [0.2, 0.25) is 0 Å². The summed E-state index contributed by atoms with van der Waals surface area (Å²) in [5, 5.41) is 12.7. The van der Waals surface area contributed by atoms with Crippen LogP contribution in [0.1, 0.15) is 30.9 Å². The van der Waals surface area contributed by atoms with E-state index >= 15 is 0 Å². The minimum atomic E-state index is -0.700. The predicted octanol–water partition coefficient (Wildman–Crippen LogP) is 0.651. The predicted molar refractivity (Wildman–Crippen MR) is 85.8 cm³/mol. The van der Waals surface area contributed by atoms with Gasteiger partial charge < -0.3 is 15.3 Å². The summed E-state index contributed by atoms with van der Waals surface area (Å²) in [6.07, 6.45) is 0.416. The standard InChI is InChI=1S/C17H21N3O4/c1-19-15(22)8-7-13(16(19)23)18-17(24)20-10-12(21)9-14(20)11-5-3-2-4-6-11/h2-6,12-14,21H,7-10H2,1H3,(H,18,24). The first-order valence-corrected chi connectivity index (χ1v) is 8.08. The number of urea groups is 1. The van der Waals surface area contributed by atoms with Crippen molar-refractivity contribution in [3.8, 4) is 0 Å². The fourth-order valence-corrected chi connectivity index (χ4v) is 3.31. The summed E-state index contributed by atoms with van der Waals surface area (Å²) in [7, 11) is 1.43. The van der Waals surface area contributed by atoms with Crippen LogP contribution < -0.4 is 5.32 Å². The smallest absolute Gasteiger partial charge is 0.318 e. The lowest BCUT2D eigenvalue weighted by Crippen LogP contribution is -2.55. The molecule has 2 heterocycles. The number of carbonyl (C=O) groups is 3. The maximum Gasteiger partial charge on any atom is 0.318 e. The molecule has 0 spiro atoms. The molecule has 3 atom stereocenters. The van der Waals surface area contributed by atoms with Crippen molar-refractivity contribution >= 4 is 17.8 Å². The van der Waals surface area contributed by atoms with Crippen LogP contribution in [-0.2, 0) is 9.59 Å². The molecule has 128 valence electrons. The summed E-state index contributed by atoms with van der Waals surface area (Å²) in [6.45, 7) is 0.223. The summed E-state index contributed by atoms with van der Waals surface area (Å²) >= 11 is 0. The molecule has 3 unspecified atom stereocenters. The Bertz CT molecular complexity index is 648. The number of likely N-dealkylation sites (N-methyl/N-ethyl adjacent to an activating group) is 1. The van der Waals surface area contributed by atoms with Gasteiger partial charge in [0.2, 0.25) is 5.91 Å². The van der Waals surface area contributed by atoms with Gasteiger partial charge in [0, 0.05) is 20.0 Å². The molecule has 2 saturated heterocycles. The van der Waals surface area contributed by atoms with Crippen molar-refractivity contribution in [2.75, 3.05) is 13.6 Å². The van der Waals surface area contributed by atoms with Crippen molar-refractivity contribution in [1.29, 1.82) is 0 Å². The number of hydrogen-bond acceptors (Lipinski definition) is 4. The molecule has 2 N–H and O–H groups in total. The fourth-order valence-electron chi connectivity index (χ4n) is 3.31. The molecule has 1 aromatic carbocycles. The summed E-state index contributed by atoms with van der Waals surface area (Å²) in [5.41, 5.74) is 0.950. The van der Waals surface area contributed by atoms with E-state index in [9.17, 15) is 19.5 Å². The normalized spacial score (nSPS) is 27.5. The average molecular weight is 331 g/mol. The summed E-state index contributed by atoms with van der Waals surface area (Å²) in [6, 6.07) is 8.20. The third-order valence-corrected chi connectivity index (χ3v) is 4.67. The van der Waals surface area contributed by atoms with Crippen molar-refractivity contribution in [2.45, 2.75) is 37.5 Å². The van der Waals surface area contributed by atoms with Crippen molar-refractivity contribution in [3.63, 3.8) is 0 Å². The van der Waals surface area contributed by atoms with Crippen LogP contribution in [0.4, 0.5) is 4.79 Å². The molecule has 0 saturated carbocycles. The van der Waals surface area contributed by atoms with Crippen molar-refractivity contribution in [3.05, 3.63) is 35.9 Å². The van der Waals surface area contributed by atoms with Crippen molar-refractivity contribution < 1.29 is 19.5 Å². The molecule has 24 heavy (non-hydrogen) atoms. The van der Waals surface area contributed by atoms with Crippen LogP contribution >= 0.6 is 0 Å². The third kappa shape index (κ3) is 3.12. The molecule has 0 bridgehead atoms. The second kappa shape index (κ2) is 6.60. The number of likely N-dealkylation sites (tertiary alicyclic amines) is 2. The van der Waals surface area contributed by atoms with Gasteiger partial charge in [-0.3, -0.25) is 14.5 Å². The largest absolute Gasteiger partial charge is 0.391 e. The van der Waals surface area contributed by atoms with Crippen LogP contribution in [0.5, 0.6) is 0 Å². The Labute approximate surface area is 140 Å². The van der Waals surface area contributed by atoms with E-state index in [1.807, 2.05) is 30.3 Å². The zero-order chi connectivity index (χ0) is 17.3. The van der Waals surface area contributed by atoms with Crippen molar-refractivity contribution in [1.82, 2.24) is 15.1 Å². The molecular formula is C17H21N3O4. The van der Waals surface area contributed by atoms with E-state index in [4.69, 9.17) is 0 Å². The van der Waals surface area contributed by atoms with E-state index < -0.39 is 18.1 Å². The zero-order valence-corrected chi connectivity index (χ0v) is 13.5. The van der Waals surface area contributed by atoms with Gasteiger partial charge in [-0.05, 0) is 18.4 Å². The molecule has 7 heteroatoms. The summed E-state index contributed by atoms with van der Waals surface area (Å²) in [4.78, 5) is 38.9. The number of benzene rings is 1. The first-order chi connectivity index (χ1) is 11.5. The van der Waals surface area contributed by atoms with E-state index in [1.165, 1.54) is 7.05 Å². The highest BCUT2D eigenvalue weighted by atomic mass is 16.3. The van der Waals surface area contributed by atoms with E-state index in [1.54, 1.807) is 4.90 Å². The van der Waals surface area contributed by atoms with Gasteiger partial charge in [0.25, 0.3) is 5.91 Å². The second-order valence-corrected chi connectivity index (χ2v) is 6.30. The minimum Gasteiger partial charge on any atom is -0.391 e. The molecule has 2 aliphatic rings. The van der Waals surface area contributed by atoms with Crippen LogP contribution in [0, 0.1) is 0 Å². The van der Waals surface area contributed by atoms with Gasteiger partial charge >= 0.3 is 6.03 Å². The Balaban J connectivity index is 1.71. The third-order valence-electron chi connectivity index (χ3n) is 4.67. The van der Waals surface area contributed by atoms with E-state index in [2.05, 4.69) is 5.32 Å². The number of nitrogens with zero attached hydrogens (tertiary/aromatic N) is 2. The van der Waals surface area contributed by atoms with Crippen LogP contribution in [0.15, 0.2) is 30.3 Å². The number of carbonyl (C=O) groups excluding carboxylic acids is 3. The number of piperidine rings is 1. The topological polar surface area (TPSA) is 90.0 Å². The van der Waals surface area contributed by atoms with Gasteiger partial charge in [-0.15, -0.1) is 0 Å². The SMILES string of the molecule is CN1C(=O)CCC(NC(=O)N2CC(O)CC2c2ccccc2)C1=O. The highest BCUT2D eigenvalue weighted by Gasteiger charge is 2.38.